The Kier molecular flexibility index (Phi) is 4.39. The Morgan fingerprint density at radius 2 is 1.93 bits per heavy atom. The number of hydrogen-bond acceptors (Lipinski definition) is 2. The lowest BCUT2D eigenvalue weighted by molar-refractivity contribution is -0.132. The predicted molar refractivity (Wildman–Crippen MR) is 58.1 cm³/mol. The van der Waals surface area contributed by atoms with Crippen molar-refractivity contribution in [2.75, 3.05) is 33.7 Å². The number of carbonyl (C=O) groups excluding carboxylic acids is 1. The first-order valence-corrected chi connectivity index (χ1v) is 5.55. The quantitative estimate of drug-likeness (QED) is 0.677. The molecule has 3 nitrogen and oxygen atoms in total. The van der Waals surface area contributed by atoms with E-state index in [2.05, 4.69) is 4.90 Å². The van der Waals surface area contributed by atoms with E-state index in [1.807, 2.05) is 21.0 Å². The van der Waals surface area contributed by atoms with Crippen LogP contribution in [0.4, 0.5) is 0 Å². The predicted octanol–water partition coefficient (Wildman–Crippen LogP) is 1.20. The number of hydrogen-bond donors (Lipinski definition) is 0. The van der Waals surface area contributed by atoms with Gasteiger partial charge in [0.1, 0.15) is 0 Å². The van der Waals surface area contributed by atoms with Gasteiger partial charge in [-0.1, -0.05) is 6.92 Å². The molecule has 1 aliphatic rings. The molecule has 0 spiro atoms. The van der Waals surface area contributed by atoms with Crippen molar-refractivity contribution in [3.05, 3.63) is 0 Å². The Morgan fingerprint density at radius 3 is 2.43 bits per heavy atom. The normalized spacial score (nSPS) is 19.6. The number of rotatable bonds is 4. The minimum atomic E-state index is 0.172. The van der Waals surface area contributed by atoms with Gasteiger partial charge >= 0.3 is 0 Å². The van der Waals surface area contributed by atoms with Gasteiger partial charge in [0.05, 0.1) is 0 Å². The summed E-state index contributed by atoms with van der Waals surface area (Å²) in [6, 6.07) is 0. The van der Waals surface area contributed by atoms with E-state index in [0.29, 0.717) is 0 Å². The highest BCUT2D eigenvalue weighted by atomic mass is 16.2. The van der Waals surface area contributed by atoms with Crippen LogP contribution in [0.25, 0.3) is 0 Å². The summed E-state index contributed by atoms with van der Waals surface area (Å²) in [4.78, 5) is 15.7. The SMILES string of the molecule is CC(CCN1CCCC1)C(=O)N(C)C. The highest BCUT2D eigenvalue weighted by molar-refractivity contribution is 5.77. The van der Waals surface area contributed by atoms with Crippen molar-refractivity contribution in [3.63, 3.8) is 0 Å². The Bertz CT molecular complexity index is 186. The number of carbonyl (C=O) groups is 1. The molecule has 82 valence electrons. The van der Waals surface area contributed by atoms with Crippen molar-refractivity contribution >= 4 is 5.91 Å². The summed E-state index contributed by atoms with van der Waals surface area (Å²) in [6.45, 7) is 5.56. The van der Waals surface area contributed by atoms with E-state index in [4.69, 9.17) is 0 Å². The molecule has 0 aromatic rings. The third kappa shape index (κ3) is 3.29. The summed E-state index contributed by atoms with van der Waals surface area (Å²) >= 11 is 0. The molecule has 0 radical (unpaired) electrons. The zero-order chi connectivity index (χ0) is 10.6. The molecule has 14 heavy (non-hydrogen) atoms. The van der Waals surface area contributed by atoms with E-state index < -0.39 is 0 Å². The fourth-order valence-corrected chi connectivity index (χ4v) is 1.95. The van der Waals surface area contributed by atoms with Gasteiger partial charge in [-0.15, -0.1) is 0 Å². The molecule has 0 aliphatic carbocycles. The maximum absolute atomic E-state index is 11.6. The van der Waals surface area contributed by atoms with Crippen molar-refractivity contribution in [1.82, 2.24) is 9.80 Å². The minimum Gasteiger partial charge on any atom is -0.349 e. The van der Waals surface area contributed by atoms with Gasteiger partial charge in [0.25, 0.3) is 0 Å². The zero-order valence-electron chi connectivity index (χ0n) is 9.62. The second kappa shape index (κ2) is 5.35. The molecule has 1 aliphatic heterocycles. The van der Waals surface area contributed by atoms with Gasteiger partial charge in [0.2, 0.25) is 5.91 Å². The van der Waals surface area contributed by atoms with Crippen LogP contribution in [0.5, 0.6) is 0 Å². The highest BCUT2D eigenvalue weighted by Crippen LogP contribution is 2.11. The summed E-state index contributed by atoms with van der Waals surface area (Å²) in [5, 5.41) is 0. The molecule has 0 aromatic carbocycles. The van der Waals surface area contributed by atoms with Crippen LogP contribution in [0.3, 0.4) is 0 Å². The first-order valence-electron chi connectivity index (χ1n) is 5.55. The number of nitrogens with zero attached hydrogens (tertiary/aromatic N) is 2. The van der Waals surface area contributed by atoms with Crippen LogP contribution in [0.1, 0.15) is 26.2 Å². The van der Waals surface area contributed by atoms with Gasteiger partial charge in [-0.25, -0.2) is 0 Å². The van der Waals surface area contributed by atoms with Crippen molar-refractivity contribution < 1.29 is 4.79 Å². The lowest BCUT2D eigenvalue weighted by Crippen LogP contribution is -2.31. The van der Waals surface area contributed by atoms with E-state index in [9.17, 15) is 4.79 Å². The van der Waals surface area contributed by atoms with Crippen LogP contribution < -0.4 is 0 Å². The van der Waals surface area contributed by atoms with Gasteiger partial charge < -0.3 is 9.80 Å². The third-order valence-electron chi connectivity index (χ3n) is 2.94. The summed E-state index contributed by atoms with van der Waals surface area (Å²) in [6.07, 6.45) is 3.66. The average Bonchev–Trinajstić information content (AvgIpc) is 2.65. The topological polar surface area (TPSA) is 23.6 Å². The highest BCUT2D eigenvalue weighted by Gasteiger charge is 2.17. The van der Waals surface area contributed by atoms with Crippen LogP contribution in [-0.2, 0) is 4.79 Å². The van der Waals surface area contributed by atoms with Crippen molar-refractivity contribution in [3.8, 4) is 0 Å². The molecule has 1 amide bonds. The lowest BCUT2D eigenvalue weighted by atomic mass is 10.1. The molecule has 1 fully saturated rings. The Balaban J connectivity index is 2.19. The van der Waals surface area contributed by atoms with Crippen LogP contribution >= 0.6 is 0 Å². The second-order valence-corrected chi connectivity index (χ2v) is 4.47. The van der Waals surface area contributed by atoms with E-state index in [1.165, 1.54) is 25.9 Å². The second-order valence-electron chi connectivity index (χ2n) is 4.47. The molecular weight excluding hydrogens is 176 g/mol. The van der Waals surface area contributed by atoms with E-state index in [0.717, 1.165) is 13.0 Å². The monoisotopic (exact) mass is 198 g/mol. The van der Waals surface area contributed by atoms with Crippen LogP contribution in [0, 0.1) is 5.92 Å². The fraction of sp³-hybridized carbons (Fsp3) is 0.909. The third-order valence-corrected chi connectivity index (χ3v) is 2.94. The van der Waals surface area contributed by atoms with Crippen LogP contribution in [0.2, 0.25) is 0 Å². The first-order chi connectivity index (χ1) is 6.61. The molecule has 1 unspecified atom stereocenters. The van der Waals surface area contributed by atoms with Gasteiger partial charge in [0.15, 0.2) is 0 Å². The van der Waals surface area contributed by atoms with Gasteiger partial charge in [-0.2, -0.15) is 0 Å². The molecular formula is C11H22N2O. The maximum Gasteiger partial charge on any atom is 0.224 e. The Hall–Kier alpha value is -0.570. The minimum absolute atomic E-state index is 0.172. The molecule has 0 N–H and O–H groups in total. The summed E-state index contributed by atoms with van der Waals surface area (Å²) < 4.78 is 0. The summed E-state index contributed by atoms with van der Waals surface area (Å²) in [7, 11) is 3.66. The molecule has 1 rings (SSSR count). The molecule has 1 atom stereocenters. The first kappa shape index (κ1) is 11.5. The zero-order valence-corrected chi connectivity index (χ0v) is 9.62. The number of amides is 1. The van der Waals surface area contributed by atoms with E-state index in [-0.39, 0.29) is 11.8 Å². The Morgan fingerprint density at radius 1 is 1.36 bits per heavy atom. The van der Waals surface area contributed by atoms with Gasteiger partial charge in [-0.05, 0) is 38.9 Å². The van der Waals surface area contributed by atoms with Crippen molar-refractivity contribution in [1.29, 1.82) is 0 Å². The van der Waals surface area contributed by atoms with Crippen molar-refractivity contribution in [2.45, 2.75) is 26.2 Å². The molecule has 1 saturated heterocycles. The lowest BCUT2D eigenvalue weighted by Gasteiger charge is -2.20. The largest absolute Gasteiger partial charge is 0.349 e. The number of likely N-dealkylation sites (tertiary alicyclic amines) is 1. The van der Waals surface area contributed by atoms with Gasteiger partial charge in [-0.3, -0.25) is 4.79 Å². The van der Waals surface area contributed by atoms with E-state index >= 15 is 0 Å². The van der Waals surface area contributed by atoms with Crippen molar-refractivity contribution in [2.24, 2.45) is 5.92 Å². The van der Waals surface area contributed by atoms with Crippen LogP contribution in [-0.4, -0.2) is 49.4 Å². The summed E-state index contributed by atoms with van der Waals surface area (Å²) in [5.74, 6) is 0.426. The molecule has 0 saturated carbocycles. The van der Waals surface area contributed by atoms with E-state index in [1.54, 1.807) is 4.90 Å². The Labute approximate surface area is 87.1 Å². The molecule has 1 heterocycles. The maximum atomic E-state index is 11.6. The smallest absolute Gasteiger partial charge is 0.224 e. The fourth-order valence-electron chi connectivity index (χ4n) is 1.95. The average molecular weight is 198 g/mol. The standard InChI is InChI=1S/C11H22N2O/c1-10(11(14)12(2)3)6-9-13-7-4-5-8-13/h10H,4-9H2,1-3H3. The van der Waals surface area contributed by atoms with Crippen LogP contribution in [0.15, 0.2) is 0 Å². The molecule has 0 aromatic heterocycles. The molecule has 3 heteroatoms. The van der Waals surface area contributed by atoms with Gasteiger partial charge in [0, 0.05) is 20.0 Å². The molecule has 0 bridgehead atoms. The summed E-state index contributed by atoms with van der Waals surface area (Å²) in [5.41, 5.74) is 0.